The van der Waals surface area contributed by atoms with Crippen molar-refractivity contribution in [3.63, 3.8) is 0 Å². The maximum absolute atomic E-state index is 12.5. The molecule has 0 bridgehead atoms. The van der Waals surface area contributed by atoms with Gasteiger partial charge in [0.05, 0.1) is 17.1 Å². The molecule has 0 aliphatic rings. The predicted octanol–water partition coefficient (Wildman–Crippen LogP) is 2.53. The summed E-state index contributed by atoms with van der Waals surface area (Å²) in [5, 5.41) is 1.96. The Morgan fingerprint density at radius 2 is 1.41 bits per heavy atom. The fourth-order valence-corrected chi connectivity index (χ4v) is 3.84. The summed E-state index contributed by atoms with van der Waals surface area (Å²) in [6.07, 6.45) is -0.978. The summed E-state index contributed by atoms with van der Waals surface area (Å²) in [5.41, 5.74) is 19.1. The quantitative estimate of drug-likeness (QED) is 0.367. The van der Waals surface area contributed by atoms with Crippen LogP contribution in [-0.2, 0) is 10.0 Å². The van der Waals surface area contributed by atoms with Crippen molar-refractivity contribution in [2.24, 2.45) is 11.5 Å². The van der Waals surface area contributed by atoms with Crippen molar-refractivity contribution in [2.45, 2.75) is 17.1 Å². The first-order valence-electron chi connectivity index (χ1n) is 7.75. The molecule has 0 aliphatic carbocycles. The van der Waals surface area contributed by atoms with Crippen LogP contribution in [0.25, 0.3) is 10.8 Å². The van der Waals surface area contributed by atoms with Gasteiger partial charge in [-0.3, -0.25) is 0 Å². The minimum atomic E-state index is -3.79. The third kappa shape index (κ3) is 5.10. The predicted molar refractivity (Wildman–Crippen MR) is 115 cm³/mol. The van der Waals surface area contributed by atoms with Gasteiger partial charge >= 0.3 is 0 Å². The first-order chi connectivity index (χ1) is 11.9. The molecule has 0 amide bonds. The lowest BCUT2D eigenvalue weighted by atomic mass is 9.98. The van der Waals surface area contributed by atoms with Crippen molar-refractivity contribution >= 4 is 51.3 Å². The maximum Gasteiger partial charge on any atom is 0.241 e. The lowest BCUT2D eigenvalue weighted by Crippen LogP contribution is -2.48. The number of sulfonamides is 1. The number of nitrogen functional groups attached to an aromatic ring is 1. The summed E-state index contributed by atoms with van der Waals surface area (Å²) >= 11 is 0. The van der Waals surface area contributed by atoms with Crippen molar-refractivity contribution in [1.29, 1.82) is 0 Å². The zero-order chi connectivity index (χ0) is 18.0. The number of nitrogens with one attached hydrogen (secondary N) is 1. The van der Waals surface area contributed by atoms with Gasteiger partial charge in [-0.1, -0.05) is 42.5 Å². The van der Waals surface area contributed by atoms with Gasteiger partial charge in [-0.05, 0) is 40.6 Å². The third-order valence-corrected chi connectivity index (χ3v) is 5.53. The molecule has 9 heteroatoms. The van der Waals surface area contributed by atoms with Gasteiger partial charge in [-0.15, -0.1) is 24.8 Å². The second-order valence-electron chi connectivity index (χ2n) is 5.81. The number of hydrogen-bond acceptors (Lipinski definition) is 5. The van der Waals surface area contributed by atoms with E-state index < -0.39 is 22.2 Å². The van der Waals surface area contributed by atoms with Crippen LogP contribution in [0, 0.1) is 0 Å². The Morgan fingerprint density at radius 3 is 2.07 bits per heavy atom. The Balaban J connectivity index is 0.00000182. The molecule has 3 aromatic carbocycles. The number of fused-ring (bicyclic) bond motifs is 1. The molecule has 0 radical (unpaired) electrons. The number of hydrogen-bond donors (Lipinski definition) is 4. The van der Waals surface area contributed by atoms with Crippen LogP contribution in [0.15, 0.2) is 71.6 Å². The highest BCUT2D eigenvalue weighted by atomic mass is 35.5. The van der Waals surface area contributed by atoms with Crippen molar-refractivity contribution in [2.75, 3.05) is 5.73 Å². The van der Waals surface area contributed by atoms with Gasteiger partial charge in [-0.2, -0.15) is 4.72 Å². The van der Waals surface area contributed by atoms with E-state index in [0.717, 1.165) is 16.3 Å². The van der Waals surface area contributed by atoms with Crippen LogP contribution in [-0.4, -0.2) is 14.6 Å². The molecule has 0 saturated heterocycles. The van der Waals surface area contributed by atoms with Crippen molar-refractivity contribution in [3.05, 3.63) is 72.3 Å². The van der Waals surface area contributed by atoms with E-state index in [1.165, 1.54) is 24.3 Å². The second kappa shape index (κ2) is 9.36. The lowest BCUT2D eigenvalue weighted by molar-refractivity contribution is 0.502. The minimum Gasteiger partial charge on any atom is -0.399 e. The molecule has 27 heavy (non-hydrogen) atoms. The van der Waals surface area contributed by atoms with E-state index in [-0.39, 0.29) is 29.7 Å². The van der Waals surface area contributed by atoms with E-state index in [1.807, 2.05) is 42.5 Å². The van der Waals surface area contributed by atoms with E-state index in [4.69, 9.17) is 17.2 Å². The standard InChI is InChI=1S/C18H20N4O2S.2ClH/c19-13-8-10-14(11-9-13)25(23,24)22-18(21)17(20)16-7-3-5-12-4-1-2-6-15(12)16;;/h1-11,17-18,22H,19-21H2;2*1H. The van der Waals surface area contributed by atoms with Crippen LogP contribution < -0.4 is 21.9 Å². The maximum atomic E-state index is 12.5. The van der Waals surface area contributed by atoms with E-state index in [0.29, 0.717) is 5.69 Å². The highest BCUT2D eigenvalue weighted by Gasteiger charge is 2.24. The fraction of sp³-hybridized carbons (Fsp3) is 0.111. The average molecular weight is 429 g/mol. The van der Waals surface area contributed by atoms with Crippen molar-refractivity contribution in [3.8, 4) is 0 Å². The summed E-state index contributed by atoms with van der Waals surface area (Å²) in [4.78, 5) is 0.0854. The Hall–Kier alpha value is -1.87. The molecule has 0 spiro atoms. The van der Waals surface area contributed by atoms with Crippen LogP contribution in [0.5, 0.6) is 0 Å². The van der Waals surface area contributed by atoms with Gasteiger partial charge in [0.2, 0.25) is 10.0 Å². The second-order valence-corrected chi connectivity index (χ2v) is 7.52. The molecule has 0 aliphatic heterocycles. The molecule has 2 unspecified atom stereocenters. The molecule has 2 atom stereocenters. The molecule has 3 aromatic rings. The van der Waals surface area contributed by atoms with Crippen LogP contribution >= 0.6 is 24.8 Å². The molecule has 3 rings (SSSR count). The van der Waals surface area contributed by atoms with Gasteiger partial charge in [0.1, 0.15) is 0 Å². The van der Waals surface area contributed by atoms with Crippen LogP contribution in [0.4, 0.5) is 5.69 Å². The van der Waals surface area contributed by atoms with Gasteiger partial charge in [-0.25, -0.2) is 8.42 Å². The molecule has 7 N–H and O–H groups in total. The third-order valence-electron chi connectivity index (χ3n) is 4.05. The van der Waals surface area contributed by atoms with Crippen molar-refractivity contribution in [1.82, 2.24) is 4.72 Å². The average Bonchev–Trinajstić information content (AvgIpc) is 2.60. The topological polar surface area (TPSA) is 124 Å². The Morgan fingerprint density at radius 1 is 0.815 bits per heavy atom. The van der Waals surface area contributed by atoms with Crippen molar-refractivity contribution < 1.29 is 8.42 Å². The number of rotatable bonds is 5. The van der Waals surface area contributed by atoms with Crippen LogP contribution in [0.2, 0.25) is 0 Å². The SMILES string of the molecule is Cl.Cl.Nc1ccc(S(=O)(=O)NC(N)C(N)c2cccc3ccccc23)cc1. The lowest BCUT2D eigenvalue weighted by Gasteiger charge is -2.22. The molecular formula is C18H22Cl2N4O2S. The Kier molecular flexibility index (Phi) is 8.04. The van der Waals surface area contributed by atoms with Gasteiger partial charge in [0, 0.05) is 5.69 Å². The van der Waals surface area contributed by atoms with Gasteiger partial charge < -0.3 is 17.2 Å². The fourth-order valence-electron chi connectivity index (χ4n) is 2.70. The molecular weight excluding hydrogens is 407 g/mol. The first-order valence-corrected chi connectivity index (χ1v) is 9.23. The minimum absolute atomic E-state index is 0. The molecule has 146 valence electrons. The van der Waals surface area contributed by atoms with Gasteiger partial charge in [0.15, 0.2) is 0 Å². The zero-order valence-electron chi connectivity index (χ0n) is 14.3. The molecule has 0 heterocycles. The summed E-state index contributed by atoms with van der Waals surface area (Å²) in [6.45, 7) is 0. The van der Waals surface area contributed by atoms with Crippen LogP contribution in [0.1, 0.15) is 11.6 Å². The highest BCUT2D eigenvalue weighted by Crippen LogP contribution is 2.24. The van der Waals surface area contributed by atoms with E-state index >= 15 is 0 Å². The van der Waals surface area contributed by atoms with E-state index in [1.54, 1.807) is 0 Å². The molecule has 0 fully saturated rings. The monoisotopic (exact) mass is 428 g/mol. The summed E-state index contributed by atoms with van der Waals surface area (Å²) < 4.78 is 27.4. The number of benzene rings is 3. The first kappa shape index (κ1) is 23.2. The number of halogens is 2. The van der Waals surface area contributed by atoms with Crippen LogP contribution in [0.3, 0.4) is 0 Å². The Labute approximate surface area is 171 Å². The summed E-state index contributed by atoms with van der Waals surface area (Å²) in [5.74, 6) is 0. The zero-order valence-corrected chi connectivity index (χ0v) is 16.7. The number of nitrogens with two attached hydrogens (primary N) is 3. The Bertz CT molecular complexity index is 992. The van der Waals surface area contributed by atoms with Gasteiger partial charge in [0.25, 0.3) is 0 Å². The normalized spacial score (nSPS) is 13.3. The van der Waals surface area contributed by atoms with E-state index in [9.17, 15) is 8.42 Å². The molecule has 0 aromatic heterocycles. The largest absolute Gasteiger partial charge is 0.399 e. The summed E-state index contributed by atoms with van der Waals surface area (Å²) in [7, 11) is -3.79. The molecule has 6 nitrogen and oxygen atoms in total. The summed E-state index contributed by atoms with van der Waals surface area (Å²) in [6, 6.07) is 18.6. The molecule has 0 saturated carbocycles. The number of anilines is 1. The van der Waals surface area contributed by atoms with E-state index in [2.05, 4.69) is 4.72 Å². The smallest absolute Gasteiger partial charge is 0.241 e. The highest BCUT2D eigenvalue weighted by molar-refractivity contribution is 7.89.